The molecule has 2 fully saturated rings. The first-order valence-corrected chi connectivity index (χ1v) is 10.2. The topological polar surface area (TPSA) is 52.2 Å². The number of amides is 1. The molecule has 7 nitrogen and oxygen atoms in total. The lowest BCUT2D eigenvalue weighted by molar-refractivity contribution is -0.129. The van der Waals surface area contributed by atoms with E-state index in [-0.39, 0.29) is 5.91 Å². The minimum atomic E-state index is 0.157. The van der Waals surface area contributed by atoms with Crippen molar-refractivity contribution in [1.82, 2.24) is 14.8 Å². The van der Waals surface area contributed by atoms with Crippen molar-refractivity contribution in [3.05, 3.63) is 12.3 Å². The highest BCUT2D eigenvalue weighted by molar-refractivity contribution is 5.73. The van der Waals surface area contributed by atoms with E-state index >= 15 is 0 Å². The number of hydrogen-bond acceptors (Lipinski definition) is 6. The number of pyridine rings is 1. The van der Waals surface area contributed by atoms with E-state index in [9.17, 15) is 4.79 Å². The van der Waals surface area contributed by atoms with E-state index in [1.54, 1.807) is 6.92 Å². The van der Waals surface area contributed by atoms with Gasteiger partial charge < -0.3 is 19.4 Å². The zero-order valence-electron chi connectivity index (χ0n) is 16.7. The van der Waals surface area contributed by atoms with Crippen molar-refractivity contribution in [2.24, 2.45) is 0 Å². The molecule has 1 atom stereocenters. The average Bonchev–Trinajstić information content (AvgIpc) is 2.86. The van der Waals surface area contributed by atoms with Crippen molar-refractivity contribution in [2.45, 2.75) is 39.3 Å². The molecule has 7 heteroatoms. The fraction of sp³-hybridized carbons (Fsp3) is 0.700. The van der Waals surface area contributed by atoms with E-state index in [0.29, 0.717) is 12.1 Å². The lowest BCUT2D eigenvalue weighted by Crippen LogP contribution is -2.55. The third-order valence-electron chi connectivity index (χ3n) is 6.13. The number of piperazine rings is 2. The van der Waals surface area contributed by atoms with Gasteiger partial charge in [-0.05, 0) is 13.8 Å². The normalized spacial score (nSPS) is 23.6. The maximum atomic E-state index is 11.5. The van der Waals surface area contributed by atoms with E-state index in [4.69, 9.17) is 9.72 Å². The van der Waals surface area contributed by atoms with Gasteiger partial charge in [-0.2, -0.15) is 0 Å². The smallest absolute Gasteiger partial charge is 0.219 e. The van der Waals surface area contributed by atoms with E-state index in [1.165, 1.54) is 0 Å². The SMILES string of the molecule is CC(=O)N1CCN(c2cnc3c(c2)OCC[C@@H]2CN(C(C)C)CCN32)CC1. The Balaban J connectivity index is 1.50. The molecule has 0 N–H and O–H groups in total. The summed E-state index contributed by atoms with van der Waals surface area (Å²) in [6.07, 6.45) is 3.01. The predicted molar refractivity (Wildman–Crippen MR) is 107 cm³/mol. The van der Waals surface area contributed by atoms with Gasteiger partial charge in [0.1, 0.15) is 0 Å². The summed E-state index contributed by atoms with van der Waals surface area (Å²) in [5.41, 5.74) is 1.09. The number of carbonyl (C=O) groups excluding carboxylic acids is 1. The summed E-state index contributed by atoms with van der Waals surface area (Å²) in [4.78, 5) is 25.6. The maximum Gasteiger partial charge on any atom is 0.219 e. The van der Waals surface area contributed by atoms with Crippen LogP contribution in [-0.4, -0.2) is 85.2 Å². The van der Waals surface area contributed by atoms with Crippen molar-refractivity contribution in [3.63, 3.8) is 0 Å². The first-order chi connectivity index (χ1) is 13.0. The first kappa shape index (κ1) is 18.3. The number of carbonyl (C=O) groups is 1. The molecule has 4 heterocycles. The Kier molecular flexibility index (Phi) is 5.12. The fourth-order valence-electron chi connectivity index (χ4n) is 4.38. The highest BCUT2D eigenvalue weighted by Gasteiger charge is 2.33. The third-order valence-corrected chi connectivity index (χ3v) is 6.13. The van der Waals surface area contributed by atoms with Crippen LogP contribution in [0.1, 0.15) is 27.2 Å². The standard InChI is InChI=1S/C20H31N5O2/c1-15(2)24-9-10-25-17(14-24)4-11-27-19-12-18(13-21-20(19)25)23-7-5-22(6-8-23)16(3)26/h12-13,15,17H,4-11,14H2,1-3H3/t17-/m1/s1. The van der Waals surface area contributed by atoms with E-state index in [1.807, 2.05) is 11.1 Å². The van der Waals surface area contributed by atoms with Gasteiger partial charge in [0.2, 0.25) is 5.91 Å². The molecule has 1 aromatic rings. The summed E-state index contributed by atoms with van der Waals surface area (Å²) in [7, 11) is 0. The Hall–Kier alpha value is -2.02. The van der Waals surface area contributed by atoms with Crippen LogP contribution in [0.3, 0.4) is 0 Å². The van der Waals surface area contributed by atoms with Crippen LogP contribution in [-0.2, 0) is 4.79 Å². The molecule has 2 saturated heterocycles. The largest absolute Gasteiger partial charge is 0.490 e. The summed E-state index contributed by atoms with van der Waals surface area (Å²) >= 11 is 0. The molecule has 0 radical (unpaired) electrons. The van der Waals surface area contributed by atoms with Gasteiger partial charge in [0.05, 0.1) is 18.5 Å². The van der Waals surface area contributed by atoms with Gasteiger partial charge in [-0.1, -0.05) is 0 Å². The number of ether oxygens (including phenoxy) is 1. The van der Waals surface area contributed by atoms with Crippen LogP contribution in [0.2, 0.25) is 0 Å². The van der Waals surface area contributed by atoms with Crippen molar-refractivity contribution < 1.29 is 9.53 Å². The molecule has 1 aromatic heterocycles. The van der Waals surface area contributed by atoms with Gasteiger partial charge in [0.25, 0.3) is 0 Å². The van der Waals surface area contributed by atoms with Crippen molar-refractivity contribution in [3.8, 4) is 5.75 Å². The quantitative estimate of drug-likeness (QED) is 0.782. The number of hydrogen-bond donors (Lipinski definition) is 0. The van der Waals surface area contributed by atoms with Gasteiger partial charge in [-0.25, -0.2) is 4.98 Å². The molecular formula is C20H31N5O2. The molecule has 27 heavy (non-hydrogen) atoms. The second kappa shape index (κ2) is 7.54. The molecule has 4 rings (SSSR count). The highest BCUT2D eigenvalue weighted by Crippen LogP contribution is 2.36. The Labute approximate surface area is 161 Å². The summed E-state index contributed by atoms with van der Waals surface area (Å²) in [6.45, 7) is 13.3. The van der Waals surface area contributed by atoms with Gasteiger partial charge in [0, 0.05) is 77.3 Å². The summed E-state index contributed by atoms with van der Waals surface area (Å²) < 4.78 is 6.11. The second-order valence-corrected chi connectivity index (χ2v) is 8.08. The Morgan fingerprint density at radius 2 is 1.96 bits per heavy atom. The number of aromatic nitrogens is 1. The number of rotatable bonds is 2. The molecule has 3 aliphatic rings. The van der Waals surface area contributed by atoms with Crippen molar-refractivity contribution in [2.75, 3.05) is 62.2 Å². The van der Waals surface area contributed by atoms with E-state index < -0.39 is 0 Å². The fourth-order valence-corrected chi connectivity index (χ4v) is 4.38. The maximum absolute atomic E-state index is 11.5. The average molecular weight is 374 g/mol. The molecular weight excluding hydrogens is 342 g/mol. The number of fused-ring (bicyclic) bond motifs is 3. The molecule has 0 spiro atoms. The molecule has 0 aromatic carbocycles. The lowest BCUT2D eigenvalue weighted by atomic mass is 10.1. The van der Waals surface area contributed by atoms with Crippen LogP contribution in [0.4, 0.5) is 11.5 Å². The Bertz CT molecular complexity index is 687. The van der Waals surface area contributed by atoms with Crippen LogP contribution < -0.4 is 14.5 Å². The van der Waals surface area contributed by atoms with Crippen molar-refractivity contribution >= 4 is 17.4 Å². The van der Waals surface area contributed by atoms with Gasteiger partial charge in [-0.3, -0.25) is 9.69 Å². The van der Waals surface area contributed by atoms with Crippen LogP contribution in [0.5, 0.6) is 5.75 Å². The zero-order chi connectivity index (χ0) is 19.0. The minimum absolute atomic E-state index is 0.157. The summed E-state index contributed by atoms with van der Waals surface area (Å²) in [5, 5.41) is 0. The van der Waals surface area contributed by atoms with Gasteiger partial charge >= 0.3 is 0 Å². The minimum Gasteiger partial charge on any atom is -0.490 e. The highest BCUT2D eigenvalue weighted by atomic mass is 16.5. The van der Waals surface area contributed by atoms with Crippen LogP contribution in [0.25, 0.3) is 0 Å². The van der Waals surface area contributed by atoms with Gasteiger partial charge in [0.15, 0.2) is 11.6 Å². The monoisotopic (exact) mass is 373 g/mol. The Morgan fingerprint density at radius 3 is 2.67 bits per heavy atom. The second-order valence-electron chi connectivity index (χ2n) is 8.08. The molecule has 148 valence electrons. The molecule has 0 unspecified atom stereocenters. The van der Waals surface area contributed by atoms with Gasteiger partial charge in [-0.15, -0.1) is 0 Å². The van der Waals surface area contributed by atoms with E-state index in [0.717, 1.165) is 76.1 Å². The van der Waals surface area contributed by atoms with Crippen LogP contribution >= 0.6 is 0 Å². The van der Waals surface area contributed by atoms with Crippen molar-refractivity contribution in [1.29, 1.82) is 0 Å². The number of anilines is 2. The Morgan fingerprint density at radius 1 is 1.19 bits per heavy atom. The molecule has 3 aliphatic heterocycles. The van der Waals surface area contributed by atoms with Crippen LogP contribution in [0, 0.1) is 0 Å². The van der Waals surface area contributed by atoms with E-state index in [2.05, 4.69) is 34.6 Å². The first-order valence-electron chi connectivity index (χ1n) is 10.2. The molecule has 0 bridgehead atoms. The summed E-state index contributed by atoms with van der Waals surface area (Å²) in [5.74, 6) is 2.05. The molecule has 0 saturated carbocycles. The zero-order valence-corrected chi connectivity index (χ0v) is 16.7. The summed E-state index contributed by atoms with van der Waals surface area (Å²) in [6, 6.07) is 3.20. The molecule has 1 amide bonds. The predicted octanol–water partition coefficient (Wildman–Crippen LogP) is 1.43. The lowest BCUT2D eigenvalue weighted by Gasteiger charge is -2.43. The number of nitrogens with zero attached hydrogens (tertiary/aromatic N) is 5. The third kappa shape index (κ3) is 3.70. The molecule has 0 aliphatic carbocycles. The van der Waals surface area contributed by atoms with Crippen LogP contribution in [0.15, 0.2) is 12.3 Å².